The molecule has 1 saturated heterocycles. The number of carbonyl (C=O) groups excluding carboxylic acids is 4. The number of nitrogens with one attached hydrogen (secondary N) is 3. The second-order valence-electron chi connectivity index (χ2n) is 12.5. The van der Waals surface area contributed by atoms with E-state index in [-0.39, 0.29) is 36.2 Å². The molecule has 11 heteroatoms. The van der Waals surface area contributed by atoms with E-state index in [2.05, 4.69) is 22.5 Å². The lowest BCUT2D eigenvalue weighted by Crippen LogP contribution is -2.60. The molecule has 0 radical (unpaired) electrons. The van der Waals surface area contributed by atoms with E-state index >= 15 is 0 Å². The molecule has 2 unspecified atom stereocenters. The highest BCUT2D eigenvalue weighted by molar-refractivity contribution is 6.51. The van der Waals surface area contributed by atoms with E-state index in [0.717, 1.165) is 32.1 Å². The molecule has 3 amide bonds. The Kier molecular flexibility index (Phi) is 11.0. The Labute approximate surface area is 248 Å². The van der Waals surface area contributed by atoms with Gasteiger partial charge < -0.3 is 25.6 Å². The van der Waals surface area contributed by atoms with Crippen molar-refractivity contribution in [3.63, 3.8) is 0 Å². The van der Waals surface area contributed by atoms with Gasteiger partial charge in [-0.15, -0.1) is 29.8 Å². The van der Waals surface area contributed by atoms with Crippen molar-refractivity contribution in [3.8, 4) is 0 Å². The standard InChI is InChI=1S/C29H46Cl2N4O5/c1-7-12-20(24(36)25(37)32-15-8-2)33-17(3)23-21-19(29(21,30)31)16-35(23)26(38)22(18-13-10-9-11-14-18)34-27(39)40-28(4,5)6/h8,17-23,33H,2,7,9-16H2,1,3-6H3,(H,32,37)(H,34,39)/t17?,19-,20?,21-,22-,23+/m0/s1. The van der Waals surface area contributed by atoms with Gasteiger partial charge in [0.1, 0.15) is 16.0 Å². The fourth-order valence-corrected chi connectivity index (χ4v) is 7.18. The molecule has 0 aromatic heterocycles. The molecule has 0 spiro atoms. The third-order valence-electron chi connectivity index (χ3n) is 8.23. The molecule has 3 rings (SSSR count). The van der Waals surface area contributed by atoms with Crippen molar-refractivity contribution in [1.82, 2.24) is 20.9 Å². The number of Topliss-reactive ketones (excluding diaryl/α,β-unsaturated/α-hetero) is 1. The highest BCUT2D eigenvalue weighted by Gasteiger charge is 2.73. The second kappa shape index (κ2) is 13.4. The molecule has 0 bridgehead atoms. The molecule has 3 aliphatic rings. The Morgan fingerprint density at radius 2 is 1.80 bits per heavy atom. The monoisotopic (exact) mass is 600 g/mol. The lowest BCUT2D eigenvalue weighted by Gasteiger charge is -2.39. The maximum Gasteiger partial charge on any atom is 0.408 e. The van der Waals surface area contributed by atoms with E-state index in [0.29, 0.717) is 19.4 Å². The van der Waals surface area contributed by atoms with Gasteiger partial charge in [-0.1, -0.05) is 38.7 Å². The van der Waals surface area contributed by atoms with Crippen molar-refractivity contribution in [2.75, 3.05) is 13.1 Å². The molecule has 6 atom stereocenters. The van der Waals surface area contributed by atoms with Crippen LogP contribution in [0.25, 0.3) is 0 Å². The summed E-state index contributed by atoms with van der Waals surface area (Å²) < 4.78 is 4.54. The van der Waals surface area contributed by atoms with Gasteiger partial charge >= 0.3 is 6.09 Å². The predicted molar refractivity (Wildman–Crippen MR) is 156 cm³/mol. The van der Waals surface area contributed by atoms with Crippen LogP contribution in [0.5, 0.6) is 0 Å². The molecular weight excluding hydrogens is 555 g/mol. The smallest absolute Gasteiger partial charge is 0.408 e. The number of hydrogen-bond acceptors (Lipinski definition) is 6. The number of alkyl carbamates (subject to hydrolysis) is 1. The number of rotatable bonds is 12. The normalized spacial score (nSPS) is 26.2. The van der Waals surface area contributed by atoms with Crippen LogP contribution in [0.2, 0.25) is 0 Å². The molecule has 3 fully saturated rings. The topological polar surface area (TPSA) is 117 Å². The molecule has 0 aromatic carbocycles. The number of amides is 3. The van der Waals surface area contributed by atoms with Gasteiger partial charge in [0.15, 0.2) is 0 Å². The average molecular weight is 602 g/mol. The molecule has 3 N–H and O–H groups in total. The SMILES string of the molecule is C=CCNC(=O)C(=O)C(CCC)NC(C)[C@@H]1[C@@H]2[C@H](CN1C(=O)[C@@H](NC(=O)OC(C)(C)C)C1CCCCC1)C2(Cl)Cl. The van der Waals surface area contributed by atoms with Crippen LogP contribution in [0.3, 0.4) is 0 Å². The second-order valence-corrected chi connectivity index (χ2v) is 13.9. The zero-order valence-electron chi connectivity index (χ0n) is 24.4. The van der Waals surface area contributed by atoms with Crippen LogP contribution in [0.1, 0.15) is 79.6 Å². The lowest BCUT2D eigenvalue weighted by atomic mass is 9.83. The first kappa shape index (κ1) is 32.7. The zero-order chi connectivity index (χ0) is 29.8. The maximum absolute atomic E-state index is 14.2. The van der Waals surface area contributed by atoms with Crippen molar-refractivity contribution in [3.05, 3.63) is 12.7 Å². The summed E-state index contributed by atoms with van der Waals surface area (Å²) >= 11 is 13.3. The molecule has 2 saturated carbocycles. The van der Waals surface area contributed by atoms with Crippen LogP contribution in [0.15, 0.2) is 12.7 Å². The van der Waals surface area contributed by atoms with Crippen molar-refractivity contribution < 1.29 is 23.9 Å². The number of hydrogen-bond donors (Lipinski definition) is 3. The van der Waals surface area contributed by atoms with E-state index in [9.17, 15) is 19.2 Å². The number of piperidine rings is 1. The first-order valence-electron chi connectivity index (χ1n) is 14.6. The third-order valence-corrected chi connectivity index (χ3v) is 9.29. The fourth-order valence-electron chi connectivity index (χ4n) is 6.33. The minimum Gasteiger partial charge on any atom is -0.444 e. The summed E-state index contributed by atoms with van der Waals surface area (Å²) in [7, 11) is 0. The quantitative estimate of drug-likeness (QED) is 0.176. The molecule has 0 aromatic rings. The van der Waals surface area contributed by atoms with E-state index < -0.39 is 45.8 Å². The third kappa shape index (κ3) is 7.71. The predicted octanol–water partition coefficient (Wildman–Crippen LogP) is 4.11. The number of nitrogens with zero attached hydrogens (tertiary/aromatic N) is 1. The van der Waals surface area contributed by atoms with E-state index in [1.54, 1.807) is 25.7 Å². The summed E-state index contributed by atoms with van der Waals surface area (Å²) in [6, 6.07) is -2.27. The summed E-state index contributed by atoms with van der Waals surface area (Å²) in [5, 5.41) is 8.77. The highest BCUT2D eigenvalue weighted by Crippen LogP contribution is 2.66. The van der Waals surface area contributed by atoms with Gasteiger partial charge in [0.25, 0.3) is 5.91 Å². The van der Waals surface area contributed by atoms with Crippen molar-refractivity contribution in [2.45, 2.75) is 114 Å². The van der Waals surface area contributed by atoms with Crippen molar-refractivity contribution in [2.24, 2.45) is 17.8 Å². The summed E-state index contributed by atoms with van der Waals surface area (Å²) in [6.07, 6.45) is 6.82. The molecule has 40 heavy (non-hydrogen) atoms. The minimum absolute atomic E-state index is 0.00524. The lowest BCUT2D eigenvalue weighted by molar-refractivity contribution is -0.140. The molecule has 1 heterocycles. The Morgan fingerprint density at radius 1 is 1.15 bits per heavy atom. The van der Waals surface area contributed by atoms with Crippen LogP contribution in [-0.4, -0.2) is 75.8 Å². The van der Waals surface area contributed by atoms with Gasteiger partial charge in [0.05, 0.1) is 12.1 Å². The van der Waals surface area contributed by atoms with Gasteiger partial charge in [-0.25, -0.2) is 4.79 Å². The molecular formula is C29H46Cl2N4O5. The molecule has 2 aliphatic carbocycles. The van der Waals surface area contributed by atoms with Crippen LogP contribution in [-0.2, 0) is 19.1 Å². The number of alkyl halides is 2. The van der Waals surface area contributed by atoms with Crippen molar-refractivity contribution >= 4 is 46.9 Å². The highest BCUT2D eigenvalue weighted by atomic mass is 35.5. The zero-order valence-corrected chi connectivity index (χ0v) is 25.9. The Morgan fingerprint density at radius 3 is 2.38 bits per heavy atom. The maximum atomic E-state index is 14.2. The summed E-state index contributed by atoms with van der Waals surface area (Å²) in [5.41, 5.74) is -0.698. The van der Waals surface area contributed by atoms with Crippen LogP contribution in [0.4, 0.5) is 4.79 Å². The van der Waals surface area contributed by atoms with Crippen molar-refractivity contribution in [1.29, 1.82) is 0 Å². The van der Waals surface area contributed by atoms with Crippen LogP contribution >= 0.6 is 23.2 Å². The van der Waals surface area contributed by atoms with Gasteiger partial charge in [0.2, 0.25) is 11.7 Å². The molecule has 226 valence electrons. The van der Waals surface area contributed by atoms with E-state index in [4.69, 9.17) is 27.9 Å². The number of carbonyl (C=O) groups is 4. The van der Waals surface area contributed by atoms with Gasteiger partial charge in [-0.3, -0.25) is 14.4 Å². The fraction of sp³-hybridized carbons (Fsp3) is 0.793. The summed E-state index contributed by atoms with van der Waals surface area (Å²) in [5.74, 6) is -1.73. The van der Waals surface area contributed by atoms with Gasteiger partial charge in [0, 0.05) is 31.0 Å². The largest absolute Gasteiger partial charge is 0.444 e. The molecule has 9 nitrogen and oxygen atoms in total. The van der Waals surface area contributed by atoms with Crippen LogP contribution in [0, 0.1) is 17.8 Å². The van der Waals surface area contributed by atoms with E-state index in [1.165, 1.54) is 6.08 Å². The Bertz CT molecular complexity index is 963. The number of halogens is 2. The summed E-state index contributed by atoms with van der Waals surface area (Å²) in [4.78, 5) is 54.2. The van der Waals surface area contributed by atoms with E-state index in [1.807, 2.05) is 13.8 Å². The number of ether oxygens (including phenoxy) is 1. The number of ketones is 1. The number of likely N-dealkylation sites (tertiary alicyclic amines) is 1. The van der Waals surface area contributed by atoms with Gasteiger partial charge in [-0.05, 0) is 52.9 Å². The number of fused-ring (bicyclic) bond motifs is 1. The Hall–Kier alpha value is -1.84. The summed E-state index contributed by atoms with van der Waals surface area (Å²) in [6.45, 7) is 13.3. The molecule has 1 aliphatic heterocycles. The minimum atomic E-state index is -0.970. The average Bonchev–Trinajstić information content (AvgIpc) is 3.21. The first-order valence-corrected chi connectivity index (χ1v) is 15.3. The van der Waals surface area contributed by atoms with Gasteiger partial charge in [-0.2, -0.15) is 0 Å². The van der Waals surface area contributed by atoms with Crippen LogP contribution < -0.4 is 16.0 Å². The Balaban J connectivity index is 1.83. The first-order chi connectivity index (χ1) is 18.7.